The number of fused-ring (bicyclic) bond motifs is 2. The van der Waals surface area contributed by atoms with Crippen LogP contribution < -0.4 is 0 Å². The molecule has 0 radical (unpaired) electrons. The Hall–Kier alpha value is -2.67. The Kier molecular flexibility index (Phi) is 2.77. The lowest BCUT2D eigenvalue weighted by Gasteiger charge is -2.25. The molecule has 0 N–H and O–H groups in total. The Morgan fingerprint density at radius 1 is 1.23 bits per heavy atom. The van der Waals surface area contributed by atoms with Crippen LogP contribution in [0, 0.1) is 24.2 Å². The summed E-state index contributed by atoms with van der Waals surface area (Å²) in [7, 11) is 0. The van der Waals surface area contributed by atoms with Gasteiger partial charge in [-0.15, -0.1) is 0 Å². The van der Waals surface area contributed by atoms with E-state index in [-0.39, 0.29) is 18.8 Å². The standard InChI is InChI=1S/C18H16N2O2/c1-11-3-4-14-13(8-19)9-20(16(14)5-11)15-7-18-17(6-12(15)2)21-10-22-18/h3-7,9,12,15H,10H2,1-2H3. The van der Waals surface area contributed by atoms with Crippen LogP contribution in [0.5, 0.6) is 0 Å². The monoisotopic (exact) mass is 292 g/mol. The first-order chi connectivity index (χ1) is 10.7. The van der Waals surface area contributed by atoms with Crippen LogP contribution in [-0.4, -0.2) is 11.4 Å². The smallest absolute Gasteiger partial charge is 0.231 e. The van der Waals surface area contributed by atoms with Gasteiger partial charge < -0.3 is 14.0 Å². The summed E-state index contributed by atoms with van der Waals surface area (Å²) in [5.41, 5.74) is 2.98. The maximum Gasteiger partial charge on any atom is 0.231 e. The number of nitrogens with zero attached hydrogens (tertiary/aromatic N) is 2. The summed E-state index contributed by atoms with van der Waals surface area (Å²) in [6.07, 6.45) is 6.13. The maximum absolute atomic E-state index is 9.40. The molecule has 0 spiro atoms. The van der Waals surface area contributed by atoms with E-state index in [4.69, 9.17) is 9.47 Å². The average molecular weight is 292 g/mol. The number of hydrogen-bond acceptors (Lipinski definition) is 3. The van der Waals surface area contributed by atoms with Crippen LogP contribution in [-0.2, 0) is 9.47 Å². The topological polar surface area (TPSA) is 47.2 Å². The van der Waals surface area contributed by atoms with Crippen LogP contribution in [0.3, 0.4) is 0 Å². The van der Waals surface area contributed by atoms with E-state index in [0.29, 0.717) is 5.56 Å². The lowest BCUT2D eigenvalue weighted by Crippen LogP contribution is -2.17. The predicted octanol–water partition coefficient (Wildman–Crippen LogP) is 3.78. The fourth-order valence-electron chi connectivity index (χ4n) is 3.23. The summed E-state index contributed by atoms with van der Waals surface area (Å²) in [6, 6.07) is 8.61. The summed E-state index contributed by atoms with van der Waals surface area (Å²) in [5, 5.41) is 10.4. The largest absolute Gasteiger partial charge is 0.454 e. The number of aromatic nitrogens is 1. The molecule has 2 heterocycles. The van der Waals surface area contributed by atoms with Gasteiger partial charge in [0, 0.05) is 17.5 Å². The molecule has 0 amide bonds. The minimum absolute atomic E-state index is 0.117. The first-order valence-corrected chi connectivity index (χ1v) is 7.38. The Balaban J connectivity index is 1.90. The van der Waals surface area contributed by atoms with Crippen LogP contribution in [0.15, 0.2) is 48.1 Å². The molecule has 1 aromatic carbocycles. The van der Waals surface area contributed by atoms with Crippen molar-refractivity contribution in [2.45, 2.75) is 19.9 Å². The molecule has 1 fully saturated rings. The molecule has 0 saturated carbocycles. The molecule has 1 saturated heterocycles. The first kappa shape index (κ1) is 13.0. The molecular weight excluding hydrogens is 276 g/mol. The highest BCUT2D eigenvalue weighted by Gasteiger charge is 2.29. The summed E-state index contributed by atoms with van der Waals surface area (Å²) < 4.78 is 13.1. The minimum Gasteiger partial charge on any atom is -0.454 e. The number of hydrogen-bond donors (Lipinski definition) is 0. The third kappa shape index (κ3) is 1.82. The van der Waals surface area contributed by atoms with E-state index in [1.807, 2.05) is 18.3 Å². The third-order valence-electron chi connectivity index (χ3n) is 4.38. The summed E-state index contributed by atoms with van der Waals surface area (Å²) >= 11 is 0. The van der Waals surface area contributed by atoms with Crippen molar-refractivity contribution in [2.75, 3.05) is 6.79 Å². The van der Waals surface area contributed by atoms with Crippen molar-refractivity contribution in [1.29, 1.82) is 5.26 Å². The molecule has 2 atom stereocenters. The van der Waals surface area contributed by atoms with Crippen LogP contribution in [0.25, 0.3) is 10.9 Å². The van der Waals surface area contributed by atoms with Gasteiger partial charge in [-0.2, -0.15) is 5.26 Å². The normalized spacial score (nSPS) is 23.1. The van der Waals surface area contributed by atoms with Gasteiger partial charge in [-0.25, -0.2) is 0 Å². The first-order valence-electron chi connectivity index (χ1n) is 7.38. The van der Waals surface area contributed by atoms with Crippen molar-refractivity contribution in [3.63, 3.8) is 0 Å². The van der Waals surface area contributed by atoms with E-state index < -0.39 is 0 Å². The van der Waals surface area contributed by atoms with Crippen LogP contribution in [0.2, 0.25) is 0 Å². The molecule has 2 aliphatic rings. The lowest BCUT2D eigenvalue weighted by atomic mass is 9.95. The zero-order valence-electron chi connectivity index (χ0n) is 12.5. The second-order valence-corrected chi connectivity index (χ2v) is 5.90. The highest BCUT2D eigenvalue weighted by atomic mass is 16.7. The van der Waals surface area contributed by atoms with E-state index in [2.05, 4.69) is 42.7 Å². The fourth-order valence-corrected chi connectivity index (χ4v) is 3.23. The van der Waals surface area contributed by atoms with Gasteiger partial charge in [0.05, 0.1) is 17.1 Å². The van der Waals surface area contributed by atoms with Gasteiger partial charge in [0.1, 0.15) is 6.07 Å². The van der Waals surface area contributed by atoms with E-state index >= 15 is 0 Å². The zero-order chi connectivity index (χ0) is 15.3. The lowest BCUT2D eigenvalue weighted by molar-refractivity contribution is 0.0976. The van der Waals surface area contributed by atoms with Gasteiger partial charge >= 0.3 is 0 Å². The van der Waals surface area contributed by atoms with Crippen molar-refractivity contribution in [1.82, 2.24) is 4.57 Å². The quantitative estimate of drug-likeness (QED) is 0.803. The molecule has 22 heavy (non-hydrogen) atoms. The zero-order valence-corrected chi connectivity index (χ0v) is 12.5. The Morgan fingerprint density at radius 2 is 2.00 bits per heavy atom. The third-order valence-corrected chi connectivity index (χ3v) is 4.38. The van der Waals surface area contributed by atoms with Crippen molar-refractivity contribution in [3.8, 4) is 6.07 Å². The molecule has 4 heteroatoms. The molecule has 110 valence electrons. The highest BCUT2D eigenvalue weighted by molar-refractivity contribution is 5.87. The SMILES string of the molecule is Cc1ccc2c(C#N)cn(C3C=C4OCOC4=CC3C)c2c1. The molecule has 2 unspecified atom stereocenters. The summed E-state index contributed by atoms with van der Waals surface area (Å²) in [4.78, 5) is 0. The molecule has 2 aromatic rings. The number of rotatable bonds is 1. The number of aryl methyl sites for hydroxylation is 1. The van der Waals surface area contributed by atoms with Crippen molar-refractivity contribution in [3.05, 3.63) is 59.2 Å². The van der Waals surface area contributed by atoms with E-state index in [1.165, 1.54) is 5.56 Å². The predicted molar refractivity (Wildman–Crippen MR) is 82.8 cm³/mol. The number of benzene rings is 1. The fraction of sp³-hybridized carbons (Fsp3) is 0.278. The second kappa shape index (κ2) is 4.67. The number of allylic oxidation sites excluding steroid dienone is 2. The van der Waals surface area contributed by atoms with Crippen molar-refractivity contribution < 1.29 is 9.47 Å². The highest BCUT2D eigenvalue weighted by Crippen LogP contribution is 2.37. The second-order valence-electron chi connectivity index (χ2n) is 5.90. The van der Waals surface area contributed by atoms with E-state index in [1.54, 1.807) is 0 Å². The van der Waals surface area contributed by atoms with Crippen LogP contribution >= 0.6 is 0 Å². The molecule has 0 bridgehead atoms. The van der Waals surface area contributed by atoms with Gasteiger partial charge in [-0.05, 0) is 30.7 Å². The molecule has 1 aliphatic carbocycles. The Morgan fingerprint density at radius 3 is 2.77 bits per heavy atom. The molecular formula is C18H16N2O2. The van der Waals surface area contributed by atoms with Gasteiger partial charge in [0.2, 0.25) is 6.79 Å². The van der Waals surface area contributed by atoms with E-state index in [0.717, 1.165) is 22.4 Å². The van der Waals surface area contributed by atoms with Gasteiger partial charge in [-0.3, -0.25) is 0 Å². The maximum atomic E-state index is 9.40. The Labute approximate surface area is 128 Å². The van der Waals surface area contributed by atoms with Gasteiger partial charge in [0.25, 0.3) is 0 Å². The summed E-state index contributed by atoms with van der Waals surface area (Å²) in [5.74, 6) is 1.90. The summed E-state index contributed by atoms with van der Waals surface area (Å²) in [6.45, 7) is 4.50. The van der Waals surface area contributed by atoms with Gasteiger partial charge in [-0.1, -0.05) is 19.1 Å². The molecule has 4 nitrogen and oxygen atoms in total. The van der Waals surface area contributed by atoms with Crippen LogP contribution in [0.4, 0.5) is 0 Å². The number of nitriles is 1. The minimum atomic E-state index is 0.117. The van der Waals surface area contributed by atoms with Gasteiger partial charge in [0.15, 0.2) is 11.5 Å². The van der Waals surface area contributed by atoms with Crippen molar-refractivity contribution >= 4 is 10.9 Å². The molecule has 1 aromatic heterocycles. The van der Waals surface area contributed by atoms with Crippen molar-refractivity contribution in [2.24, 2.45) is 5.92 Å². The number of ether oxygens (including phenoxy) is 2. The van der Waals surface area contributed by atoms with E-state index in [9.17, 15) is 5.26 Å². The molecule has 1 aliphatic heterocycles. The Bertz CT molecular complexity index is 867. The molecule has 4 rings (SSSR count). The van der Waals surface area contributed by atoms with Crippen LogP contribution in [0.1, 0.15) is 24.1 Å². The average Bonchev–Trinajstić information content (AvgIpc) is 3.09.